The molecule has 190 valence electrons. The highest BCUT2D eigenvalue weighted by atomic mass is 32.2. The Kier molecular flexibility index (Phi) is 7.74. The van der Waals surface area contributed by atoms with Gasteiger partial charge in [0.2, 0.25) is 11.8 Å². The number of nitrogens with two attached hydrogens (primary N) is 1. The summed E-state index contributed by atoms with van der Waals surface area (Å²) in [6, 6.07) is -0.630. The molecule has 0 saturated carbocycles. The number of carbonyl (C=O) groups excluding carboxylic acids is 3. The van der Waals surface area contributed by atoms with Gasteiger partial charge in [0.25, 0.3) is 0 Å². The van der Waals surface area contributed by atoms with Crippen molar-refractivity contribution in [3.63, 3.8) is 0 Å². The van der Waals surface area contributed by atoms with Gasteiger partial charge in [0.05, 0.1) is 24.2 Å². The summed E-state index contributed by atoms with van der Waals surface area (Å²) >= 11 is 1.42. The minimum atomic E-state index is -2.10. The number of hydrogen-bond donors (Lipinski definition) is 2. The van der Waals surface area contributed by atoms with Crippen molar-refractivity contribution in [2.24, 2.45) is 11.7 Å². The second kappa shape index (κ2) is 9.77. The minimum Gasteiger partial charge on any atom is -0.457 e. The number of fused-ring (bicyclic) bond motifs is 1. The first-order chi connectivity index (χ1) is 15.7. The zero-order valence-corrected chi connectivity index (χ0v) is 22.7. The average molecular weight is 512 g/mol. The van der Waals surface area contributed by atoms with Gasteiger partial charge >= 0.3 is 5.97 Å². The summed E-state index contributed by atoms with van der Waals surface area (Å²) in [6.45, 7) is 16.8. The molecule has 5 atom stereocenters. The second-order valence-corrected chi connectivity index (χ2v) is 16.7. The lowest BCUT2D eigenvalue weighted by Crippen LogP contribution is -2.62. The van der Waals surface area contributed by atoms with Crippen LogP contribution in [0.25, 0.3) is 0 Å². The number of esters is 1. The number of aliphatic hydroxyl groups is 1. The fourth-order valence-corrected chi connectivity index (χ4v) is 7.45. The molecule has 0 bridgehead atoms. The number of likely N-dealkylation sites (tertiary alicyclic amines) is 1. The molecule has 3 aliphatic rings. The average Bonchev–Trinajstić information content (AvgIpc) is 3.23. The van der Waals surface area contributed by atoms with E-state index in [0.29, 0.717) is 4.91 Å². The minimum absolute atomic E-state index is 0.0000124. The smallest absolute Gasteiger partial charge is 0.356 e. The van der Waals surface area contributed by atoms with E-state index in [1.807, 2.05) is 6.92 Å². The standard InChI is InChI=1S/C23H37N3O6SSi/c1-8-9-31-22(30)18-16(12-25-11-14(27)10-15(25)19(24)28)33-21-17(20(29)26(18)21)13(2)32-34(6,7)23(3,4)5/h8,13-15,17,21,27H,1,9-12H2,2-7H3,(H2,24,28)/t13-,14+,15+,17+,21-/m1/s1. The van der Waals surface area contributed by atoms with E-state index in [1.54, 1.807) is 4.90 Å². The molecule has 3 heterocycles. The number of aliphatic hydroxyl groups excluding tert-OH is 1. The van der Waals surface area contributed by atoms with E-state index in [-0.39, 0.29) is 54.2 Å². The molecule has 0 radical (unpaired) electrons. The van der Waals surface area contributed by atoms with Crippen LogP contribution >= 0.6 is 11.8 Å². The first-order valence-corrected chi connectivity index (χ1v) is 15.4. The number of rotatable bonds is 9. The summed E-state index contributed by atoms with van der Waals surface area (Å²) in [5.41, 5.74) is 5.73. The van der Waals surface area contributed by atoms with Gasteiger partial charge in [-0.25, -0.2) is 4.79 Å². The van der Waals surface area contributed by atoms with Crippen LogP contribution in [-0.2, 0) is 23.5 Å². The van der Waals surface area contributed by atoms with Crippen LogP contribution in [0, 0.1) is 5.92 Å². The monoisotopic (exact) mass is 511 g/mol. The van der Waals surface area contributed by atoms with Crippen molar-refractivity contribution in [2.75, 3.05) is 19.7 Å². The molecule has 2 fully saturated rings. The third-order valence-electron chi connectivity index (χ3n) is 7.23. The third kappa shape index (κ3) is 4.99. The van der Waals surface area contributed by atoms with Crippen molar-refractivity contribution in [2.45, 2.75) is 75.9 Å². The molecule has 0 aliphatic carbocycles. The fraction of sp³-hybridized carbons (Fsp3) is 0.696. The van der Waals surface area contributed by atoms with Crippen LogP contribution in [0.2, 0.25) is 18.1 Å². The molecule has 34 heavy (non-hydrogen) atoms. The third-order valence-corrected chi connectivity index (χ3v) is 13.2. The first kappa shape index (κ1) is 26.9. The van der Waals surface area contributed by atoms with Crippen LogP contribution in [0.4, 0.5) is 0 Å². The molecular weight excluding hydrogens is 474 g/mol. The van der Waals surface area contributed by atoms with E-state index >= 15 is 0 Å². The molecule has 3 N–H and O–H groups in total. The number of carbonyl (C=O) groups is 3. The highest BCUT2D eigenvalue weighted by molar-refractivity contribution is 8.04. The normalized spacial score (nSPS) is 28.6. The molecule has 0 aromatic rings. The molecule has 2 amide bonds. The fourth-order valence-electron chi connectivity index (χ4n) is 4.40. The van der Waals surface area contributed by atoms with E-state index < -0.39 is 38.3 Å². The van der Waals surface area contributed by atoms with Gasteiger partial charge in [-0.3, -0.25) is 19.4 Å². The van der Waals surface area contributed by atoms with Crippen LogP contribution in [0.5, 0.6) is 0 Å². The predicted octanol–water partition coefficient (Wildman–Crippen LogP) is 1.79. The maximum absolute atomic E-state index is 13.3. The summed E-state index contributed by atoms with van der Waals surface area (Å²) in [6.07, 6.45) is 0.729. The van der Waals surface area contributed by atoms with Crippen molar-refractivity contribution in [3.8, 4) is 0 Å². The van der Waals surface area contributed by atoms with E-state index in [0.717, 1.165) is 0 Å². The Bertz CT molecular complexity index is 902. The summed E-state index contributed by atoms with van der Waals surface area (Å²) < 4.78 is 11.8. The summed E-state index contributed by atoms with van der Waals surface area (Å²) in [4.78, 5) is 42.0. The number of β-lactam (4-membered cyclic amide) rings is 1. The van der Waals surface area contributed by atoms with E-state index in [4.69, 9.17) is 14.9 Å². The van der Waals surface area contributed by atoms with Crippen molar-refractivity contribution < 1.29 is 28.7 Å². The van der Waals surface area contributed by atoms with E-state index in [1.165, 1.54) is 22.7 Å². The second-order valence-electron chi connectivity index (χ2n) is 10.7. The molecule has 0 aromatic carbocycles. The van der Waals surface area contributed by atoms with Crippen molar-refractivity contribution in [3.05, 3.63) is 23.3 Å². The van der Waals surface area contributed by atoms with Gasteiger partial charge in [-0.1, -0.05) is 33.4 Å². The highest BCUT2D eigenvalue weighted by Crippen LogP contribution is 2.52. The zero-order valence-electron chi connectivity index (χ0n) is 20.9. The molecule has 9 nitrogen and oxygen atoms in total. The highest BCUT2D eigenvalue weighted by Gasteiger charge is 2.59. The summed E-state index contributed by atoms with van der Waals surface area (Å²) in [7, 11) is -2.10. The number of amides is 2. The van der Waals surface area contributed by atoms with Gasteiger partial charge in [-0.05, 0) is 31.5 Å². The topological polar surface area (TPSA) is 122 Å². The number of thioether (sulfide) groups is 1. The van der Waals surface area contributed by atoms with E-state index in [9.17, 15) is 19.5 Å². The molecule has 2 saturated heterocycles. The number of primary amides is 1. The Balaban J connectivity index is 1.84. The van der Waals surface area contributed by atoms with Crippen LogP contribution in [-0.4, -0.2) is 84.3 Å². The maximum atomic E-state index is 13.3. The Labute approximate surface area is 206 Å². The summed E-state index contributed by atoms with van der Waals surface area (Å²) in [5, 5.41) is 9.79. The molecule has 11 heteroatoms. The van der Waals surface area contributed by atoms with Crippen LogP contribution in [0.1, 0.15) is 34.1 Å². The Morgan fingerprint density at radius 2 is 2.03 bits per heavy atom. The van der Waals surface area contributed by atoms with Crippen LogP contribution in [0.3, 0.4) is 0 Å². The van der Waals surface area contributed by atoms with Gasteiger partial charge in [0, 0.05) is 18.0 Å². The lowest BCUT2D eigenvalue weighted by molar-refractivity contribution is -0.157. The molecule has 0 aromatic heterocycles. The van der Waals surface area contributed by atoms with Gasteiger partial charge in [0.1, 0.15) is 17.7 Å². The summed E-state index contributed by atoms with van der Waals surface area (Å²) in [5.74, 6) is -1.69. The molecule has 0 unspecified atom stereocenters. The molecular formula is C23H37N3O6SSi. The van der Waals surface area contributed by atoms with Crippen molar-refractivity contribution in [1.29, 1.82) is 0 Å². The number of ether oxygens (including phenoxy) is 1. The van der Waals surface area contributed by atoms with Crippen LogP contribution in [0.15, 0.2) is 23.3 Å². The van der Waals surface area contributed by atoms with E-state index in [2.05, 4.69) is 40.4 Å². The van der Waals surface area contributed by atoms with Gasteiger partial charge < -0.3 is 20.0 Å². The molecule has 3 rings (SSSR count). The van der Waals surface area contributed by atoms with Gasteiger partial charge in [-0.15, -0.1) is 11.8 Å². The molecule has 0 spiro atoms. The SMILES string of the molecule is C=CCOC(=O)C1=C(CN2C[C@@H](O)C[C@H]2C(N)=O)S[C@@H]2[C@@H]([C@@H](C)O[Si](C)(C)C(C)(C)C)C(=O)N12. The van der Waals surface area contributed by atoms with Crippen molar-refractivity contribution >= 4 is 37.9 Å². The Hall–Kier alpha value is -1.66. The number of hydrogen-bond acceptors (Lipinski definition) is 8. The number of nitrogens with zero attached hydrogens (tertiary/aromatic N) is 2. The zero-order chi connectivity index (χ0) is 25.6. The van der Waals surface area contributed by atoms with Crippen LogP contribution < -0.4 is 5.73 Å². The van der Waals surface area contributed by atoms with Gasteiger partial charge in [-0.2, -0.15) is 0 Å². The first-order valence-electron chi connectivity index (χ1n) is 11.6. The maximum Gasteiger partial charge on any atom is 0.356 e. The molecule has 3 aliphatic heterocycles. The van der Waals surface area contributed by atoms with Gasteiger partial charge in [0.15, 0.2) is 8.32 Å². The Morgan fingerprint density at radius 3 is 2.59 bits per heavy atom. The Morgan fingerprint density at radius 1 is 1.38 bits per heavy atom. The lowest BCUT2D eigenvalue weighted by atomic mass is 9.92. The number of β-amino-alcohol motifs (C(OH)–C–C–N with tert-alkyl or cyclic N) is 1. The predicted molar refractivity (Wildman–Crippen MR) is 133 cm³/mol. The largest absolute Gasteiger partial charge is 0.457 e. The lowest BCUT2D eigenvalue weighted by Gasteiger charge is -2.48. The van der Waals surface area contributed by atoms with Crippen molar-refractivity contribution in [1.82, 2.24) is 9.80 Å². The quantitative estimate of drug-likeness (QED) is 0.208.